The van der Waals surface area contributed by atoms with Gasteiger partial charge in [-0.15, -0.1) is 0 Å². The fourth-order valence-corrected chi connectivity index (χ4v) is 2.44. The van der Waals surface area contributed by atoms with Gasteiger partial charge in [0.25, 0.3) is 0 Å². The van der Waals surface area contributed by atoms with E-state index in [4.69, 9.17) is 9.15 Å². The minimum absolute atomic E-state index is 0.200. The van der Waals surface area contributed by atoms with Crippen molar-refractivity contribution in [1.29, 1.82) is 0 Å². The van der Waals surface area contributed by atoms with Gasteiger partial charge < -0.3 is 9.15 Å². The molecule has 1 fully saturated rings. The average Bonchev–Trinajstić information content (AvgIpc) is 2.78. The lowest BCUT2D eigenvalue weighted by Crippen LogP contribution is -2.38. The molecule has 2 rings (SSSR count). The molecule has 0 radical (unpaired) electrons. The van der Waals surface area contributed by atoms with E-state index in [0.29, 0.717) is 12.4 Å². The molecule has 4 nitrogen and oxygen atoms in total. The van der Waals surface area contributed by atoms with E-state index < -0.39 is 0 Å². The van der Waals surface area contributed by atoms with Gasteiger partial charge >= 0.3 is 5.97 Å². The van der Waals surface area contributed by atoms with E-state index in [2.05, 4.69) is 4.90 Å². The first-order valence-corrected chi connectivity index (χ1v) is 6.69. The summed E-state index contributed by atoms with van der Waals surface area (Å²) in [6.45, 7) is 6.00. The molecule has 100 valence electrons. The van der Waals surface area contributed by atoms with Crippen LogP contribution in [0.25, 0.3) is 0 Å². The SMILES string of the molecule is CCOC(=O)C(c1ccc(C)o1)N1CCCCC1. The Morgan fingerprint density at radius 2 is 2.11 bits per heavy atom. The number of carbonyl (C=O) groups is 1. The first kappa shape index (κ1) is 13.1. The van der Waals surface area contributed by atoms with Crippen molar-refractivity contribution in [2.75, 3.05) is 19.7 Å². The van der Waals surface area contributed by atoms with Crippen molar-refractivity contribution < 1.29 is 13.9 Å². The maximum Gasteiger partial charge on any atom is 0.331 e. The Bertz CT molecular complexity index is 393. The quantitative estimate of drug-likeness (QED) is 0.772. The van der Waals surface area contributed by atoms with Crippen molar-refractivity contribution >= 4 is 5.97 Å². The van der Waals surface area contributed by atoms with Gasteiger partial charge in [-0.1, -0.05) is 6.42 Å². The highest BCUT2D eigenvalue weighted by atomic mass is 16.5. The van der Waals surface area contributed by atoms with Crippen molar-refractivity contribution in [1.82, 2.24) is 4.90 Å². The molecule has 0 aromatic carbocycles. The molecule has 1 aromatic rings. The molecular weight excluding hydrogens is 230 g/mol. The standard InChI is InChI=1S/C14H21NO3/c1-3-17-14(16)13(12-8-7-11(2)18-12)15-9-5-4-6-10-15/h7-8,13H,3-6,9-10H2,1-2H3. The number of hydrogen-bond acceptors (Lipinski definition) is 4. The maximum atomic E-state index is 12.1. The Kier molecular flexibility index (Phi) is 4.42. The van der Waals surface area contributed by atoms with Gasteiger partial charge in [-0.05, 0) is 51.9 Å². The van der Waals surface area contributed by atoms with Gasteiger partial charge in [0.05, 0.1) is 6.61 Å². The van der Waals surface area contributed by atoms with Gasteiger partial charge in [-0.3, -0.25) is 4.90 Å². The fraction of sp³-hybridized carbons (Fsp3) is 0.643. The molecule has 1 atom stereocenters. The fourth-order valence-electron chi connectivity index (χ4n) is 2.44. The molecule has 4 heteroatoms. The summed E-state index contributed by atoms with van der Waals surface area (Å²) in [5.74, 6) is 1.33. The summed E-state index contributed by atoms with van der Waals surface area (Å²) in [5, 5.41) is 0. The molecule has 18 heavy (non-hydrogen) atoms. The van der Waals surface area contributed by atoms with Crippen LogP contribution in [0.5, 0.6) is 0 Å². The van der Waals surface area contributed by atoms with Gasteiger partial charge in [0, 0.05) is 0 Å². The highest BCUT2D eigenvalue weighted by molar-refractivity contribution is 5.76. The van der Waals surface area contributed by atoms with E-state index in [1.165, 1.54) is 6.42 Å². The second-order valence-corrected chi connectivity index (χ2v) is 4.70. The Morgan fingerprint density at radius 1 is 1.39 bits per heavy atom. The predicted octanol–water partition coefficient (Wildman–Crippen LogP) is 2.68. The third kappa shape index (κ3) is 2.93. The van der Waals surface area contributed by atoms with Crippen LogP contribution in [0.1, 0.15) is 43.7 Å². The Morgan fingerprint density at radius 3 is 2.67 bits per heavy atom. The number of ether oxygens (including phenoxy) is 1. The number of carbonyl (C=O) groups excluding carboxylic acids is 1. The first-order chi connectivity index (χ1) is 8.72. The van der Waals surface area contributed by atoms with E-state index in [-0.39, 0.29) is 12.0 Å². The van der Waals surface area contributed by atoms with Gasteiger partial charge in [-0.2, -0.15) is 0 Å². The van der Waals surface area contributed by atoms with E-state index >= 15 is 0 Å². The van der Waals surface area contributed by atoms with Crippen LogP contribution in [0.3, 0.4) is 0 Å². The molecule has 1 saturated heterocycles. The molecule has 0 saturated carbocycles. The number of nitrogens with zero attached hydrogens (tertiary/aromatic N) is 1. The number of furan rings is 1. The third-order valence-electron chi connectivity index (χ3n) is 3.30. The number of aryl methyl sites for hydroxylation is 1. The first-order valence-electron chi connectivity index (χ1n) is 6.69. The highest BCUT2D eigenvalue weighted by Gasteiger charge is 2.32. The van der Waals surface area contributed by atoms with Crippen LogP contribution in [0, 0.1) is 6.92 Å². The zero-order valence-corrected chi connectivity index (χ0v) is 11.1. The monoisotopic (exact) mass is 251 g/mol. The number of esters is 1. The minimum Gasteiger partial charge on any atom is -0.464 e. The molecule has 1 aliphatic rings. The van der Waals surface area contributed by atoms with Crippen LogP contribution >= 0.6 is 0 Å². The Hall–Kier alpha value is -1.29. The van der Waals surface area contributed by atoms with E-state index in [1.54, 1.807) is 0 Å². The molecule has 1 aromatic heterocycles. The van der Waals surface area contributed by atoms with Crippen molar-refractivity contribution in [3.63, 3.8) is 0 Å². The van der Waals surface area contributed by atoms with Gasteiger partial charge in [0.1, 0.15) is 11.5 Å². The molecule has 0 spiro atoms. The lowest BCUT2D eigenvalue weighted by Gasteiger charge is -2.31. The van der Waals surface area contributed by atoms with Crippen LogP contribution in [0.2, 0.25) is 0 Å². The van der Waals surface area contributed by atoms with Crippen molar-refractivity contribution in [3.05, 3.63) is 23.7 Å². The highest BCUT2D eigenvalue weighted by Crippen LogP contribution is 2.27. The third-order valence-corrected chi connectivity index (χ3v) is 3.30. The lowest BCUT2D eigenvalue weighted by atomic mass is 10.1. The van der Waals surface area contributed by atoms with Crippen LogP contribution in [0.15, 0.2) is 16.5 Å². The average molecular weight is 251 g/mol. The number of rotatable bonds is 4. The van der Waals surface area contributed by atoms with Gasteiger partial charge in [0.2, 0.25) is 0 Å². The smallest absolute Gasteiger partial charge is 0.331 e. The van der Waals surface area contributed by atoms with Crippen LogP contribution in [-0.4, -0.2) is 30.6 Å². The molecule has 0 amide bonds. The summed E-state index contributed by atoms with van der Waals surface area (Å²) < 4.78 is 10.8. The van der Waals surface area contributed by atoms with Crippen LogP contribution in [-0.2, 0) is 9.53 Å². The van der Waals surface area contributed by atoms with Crippen molar-refractivity contribution in [2.45, 2.75) is 39.2 Å². The zero-order chi connectivity index (χ0) is 13.0. The maximum absolute atomic E-state index is 12.1. The van der Waals surface area contributed by atoms with E-state index in [0.717, 1.165) is 31.7 Å². The van der Waals surface area contributed by atoms with Gasteiger partial charge in [-0.25, -0.2) is 4.79 Å². The molecule has 1 unspecified atom stereocenters. The normalized spacial score (nSPS) is 18.6. The molecular formula is C14H21NO3. The van der Waals surface area contributed by atoms with Crippen molar-refractivity contribution in [2.24, 2.45) is 0 Å². The van der Waals surface area contributed by atoms with E-state index in [9.17, 15) is 4.79 Å². The van der Waals surface area contributed by atoms with Gasteiger partial charge in [0.15, 0.2) is 6.04 Å². The second-order valence-electron chi connectivity index (χ2n) is 4.70. The van der Waals surface area contributed by atoms with Crippen molar-refractivity contribution in [3.8, 4) is 0 Å². The predicted molar refractivity (Wildman–Crippen MR) is 68.2 cm³/mol. The molecule has 0 N–H and O–H groups in total. The lowest BCUT2D eigenvalue weighted by molar-refractivity contribution is -0.151. The topological polar surface area (TPSA) is 42.7 Å². The number of likely N-dealkylation sites (tertiary alicyclic amines) is 1. The molecule has 0 bridgehead atoms. The summed E-state index contributed by atoms with van der Waals surface area (Å²) in [4.78, 5) is 14.3. The number of hydrogen-bond donors (Lipinski definition) is 0. The van der Waals surface area contributed by atoms with E-state index in [1.807, 2.05) is 26.0 Å². The number of piperidine rings is 1. The Balaban J connectivity index is 2.18. The summed E-state index contributed by atoms with van der Waals surface area (Å²) in [5.41, 5.74) is 0. The van der Waals surface area contributed by atoms with Crippen LogP contribution in [0.4, 0.5) is 0 Å². The summed E-state index contributed by atoms with van der Waals surface area (Å²) in [6, 6.07) is 3.40. The second kappa shape index (κ2) is 6.05. The molecule has 1 aliphatic heterocycles. The summed E-state index contributed by atoms with van der Waals surface area (Å²) in [6.07, 6.45) is 3.51. The zero-order valence-electron chi connectivity index (χ0n) is 11.1. The minimum atomic E-state index is -0.376. The summed E-state index contributed by atoms with van der Waals surface area (Å²) in [7, 11) is 0. The Labute approximate surface area is 108 Å². The molecule has 2 heterocycles. The molecule has 0 aliphatic carbocycles. The summed E-state index contributed by atoms with van der Waals surface area (Å²) >= 11 is 0. The largest absolute Gasteiger partial charge is 0.464 e. The van der Waals surface area contributed by atoms with Crippen LogP contribution < -0.4 is 0 Å².